The number of benzene rings is 2. The topological polar surface area (TPSA) is 74.4 Å². The van der Waals surface area contributed by atoms with Gasteiger partial charge in [-0.3, -0.25) is 19.5 Å². The Morgan fingerprint density at radius 1 is 1.14 bits per heavy atom. The van der Waals surface area contributed by atoms with Crippen LogP contribution in [0.3, 0.4) is 0 Å². The highest BCUT2D eigenvalue weighted by molar-refractivity contribution is 7.16. The van der Waals surface area contributed by atoms with E-state index in [1.54, 1.807) is 0 Å². The van der Waals surface area contributed by atoms with E-state index in [9.17, 15) is 14.9 Å². The SMILES string of the molecule is O=c1sc2ccccc2n1COc1ccc([N+](=O)[O-])cc1. The van der Waals surface area contributed by atoms with Gasteiger partial charge in [-0.1, -0.05) is 23.5 Å². The molecule has 0 N–H and O–H groups in total. The molecular formula is C14H10N2O4S. The molecule has 0 atom stereocenters. The van der Waals surface area contributed by atoms with Gasteiger partial charge in [0.15, 0.2) is 6.73 Å². The van der Waals surface area contributed by atoms with Gasteiger partial charge in [-0.25, -0.2) is 0 Å². The average molecular weight is 302 g/mol. The maximum atomic E-state index is 11.9. The number of non-ortho nitro benzene ring substituents is 1. The van der Waals surface area contributed by atoms with Crippen molar-refractivity contribution in [3.05, 3.63) is 68.3 Å². The van der Waals surface area contributed by atoms with Crippen LogP contribution in [0.15, 0.2) is 53.3 Å². The van der Waals surface area contributed by atoms with Gasteiger partial charge >= 0.3 is 4.87 Å². The van der Waals surface area contributed by atoms with E-state index in [2.05, 4.69) is 0 Å². The molecule has 0 aliphatic heterocycles. The van der Waals surface area contributed by atoms with Gasteiger partial charge in [-0.15, -0.1) is 0 Å². The third-order valence-electron chi connectivity index (χ3n) is 2.98. The van der Waals surface area contributed by atoms with Gasteiger partial charge < -0.3 is 4.74 Å². The van der Waals surface area contributed by atoms with Crippen LogP contribution >= 0.6 is 11.3 Å². The number of thiazole rings is 1. The van der Waals surface area contributed by atoms with Gasteiger partial charge in [-0.05, 0) is 24.3 Å². The van der Waals surface area contributed by atoms with Crippen LogP contribution in [0.25, 0.3) is 10.2 Å². The Morgan fingerprint density at radius 3 is 2.57 bits per heavy atom. The predicted molar refractivity (Wildman–Crippen MR) is 79.8 cm³/mol. The standard InChI is InChI=1S/C14H10N2O4S/c17-14-15(12-3-1-2-4-13(12)21-14)9-20-11-7-5-10(6-8-11)16(18)19/h1-8H,9H2. The van der Waals surface area contributed by atoms with Crippen LogP contribution in [0.5, 0.6) is 5.75 Å². The van der Waals surface area contributed by atoms with Crippen molar-refractivity contribution in [2.45, 2.75) is 6.73 Å². The summed E-state index contributed by atoms with van der Waals surface area (Å²) >= 11 is 1.16. The maximum Gasteiger partial charge on any atom is 0.310 e. The van der Waals surface area contributed by atoms with Crippen molar-refractivity contribution in [3.8, 4) is 5.75 Å². The molecule has 1 aromatic heterocycles. The average Bonchev–Trinajstić information content (AvgIpc) is 2.81. The number of hydrogen-bond acceptors (Lipinski definition) is 5. The molecule has 0 unspecified atom stereocenters. The summed E-state index contributed by atoms with van der Waals surface area (Å²) in [7, 11) is 0. The lowest BCUT2D eigenvalue weighted by molar-refractivity contribution is -0.384. The van der Waals surface area contributed by atoms with Crippen molar-refractivity contribution in [1.29, 1.82) is 0 Å². The molecule has 0 radical (unpaired) electrons. The lowest BCUT2D eigenvalue weighted by Crippen LogP contribution is -2.16. The minimum Gasteiger partial charge on any atom is -0.473 e. The minimum absolute atomic E-state index is 0.000463. The Kier molecular flexibility index (Phi) is 3.41. The summed E-state index contributed by atoms with van der Waals surface area (Å²) < 4.78 is 7.95. The molecule has 2 aromatic carbocycles. The molecule has 0 aliphatic rings. The number of para-hydroxylation sites is 1. The van der Waals surface area contributed by atoms with Gasteiger partial charge in [0.1, 0.15) is 5.75 Å². The van der Waals surface area contributed by atoms with Crippen LogP contribution in [-0.4, -0.2) is 9.49 Å². The molecule has 3 aromatic rings. The molecule has 0 amide bonds. The summed E-state index contributed by atoms with van der Waals surface area (Å²) in [5.74, 6) is 0.475. The zero-order valence-corrected chi connectivity index (χ0v) is 11.6. The quantitative estimate of drug-likeness (QED) is 0.548. The van der Waals surface area contributed by atoms with E-state index >= 15 is 0 Å². The van der Waals surface area contributed by atoms with E-state index in [0.717, 1.165) is 21.6 Å². The molecule has 1 heterocycles. The molecule has 0 aliphatic carbocycles. The first kappa shape index (κ1) is 13.3. The molecule has 0 saturated carbocycles. The summed E-state index contributed by atoms with van der Waals surface area (Å²) in [5, 5.41) is 10.6. The molecular weight excluding hydrogens is 292 g/mol. The Hall–Kier alpha value is -2.67. The predicted octanol–water partition coefficient (Wildman–Crippen LogP) is 3.01. The van der Waals surface area contributed by atoms with Crippen molar-refractivity contribution in [1.82, 2.24) is 4.57 Å². The highest BCUT2D eigenvalue weighted by Gasteiger charge is 2.08. The van der Waals surface area contributed by atoms with E-state index in [1.165, 1.54) is 28.8 Å². The second-order valence-electron chi connectivity index (χ2n) is 4.29. The van der Waals surface area contributed by atoms with Crippen molar-refractivity contribution in [2.75, 3.05) is 0 Å². The number of aromatic nitrogens is 1. The van der Waals surface area contributed by atoms with Crippen LogP contribution in [-0.2, 0) is 6.73 Å². The van der Waals surface area contributed by atoms with E-state index in [-0.39, 0.29) is 17.3 Å². The molecule has 21 heavy (non-hydrogen) atoms. The van der Waals surface area contributed by atoms with Crippen LogP contribution in [0.4, 0.5) is 5.69 Å². The lowest BCUT2D eigenvalue weighted by Gasteiger charge is -2.07. The van der Waals surface area contributed by atoms with Crippen LogP contribution in [0.1, 0.15) is 0 Å². The zero-order chi connectivity index (χ0) is 14.8. The monoisotopic (exact) mass is 302 g/mol. The van der Waals surface area contributed by atoms with E-state index in [0.29, 0.717) is 5.75 Å². The Bertz CT molecular complexity index is 851. The highest BCUT2D eigenvalue weighted by Crippen LogP contribution is 2.19. The number of fused-ring (bicyclic) bond motifs is 1. The molecule has 0 spiro atoms. The van der Waals surface area contributed by atoms with Crippen molar-refractivity contribution >= 4 is 27.2 Å². The van der Waals surface area contributed by atoms with Crippen LogP contribution < -0.4 is 9.61 Å². The lowest BCUT2D eigenvalue weighted by atomic mass is 10.3. The summed E-state index contributed by atoms with van der Waals surface area (Å²) in [5.41, 5.74) is 0.815. The maximum absolute atomic E-state index is 11.9. The Labute approximate surface area is 123 Å². The number of ether oxygens (including phenoxy) is 1. The minimum atomic E-state index is -0.472. The Balaban J connectivity index is 1.82. The fraction of sp³-hybridized carbons (Fsp3) is 0.0714. The molecule has 106 valence electrons. The number of nitro benzene ring substituents is 1. The van der Waals surface area contributed by atoms with Crippen molar-refractivity contribution in [3.63, 3.8) is 0 Å². The van der Waals surface area contributed by atoms with Gasteiger partial charge in [0, 0.05) is 12.1 Å². The van der Waals surface area contributed by atoms with Crippen molar-refractivity contribution < 1.29 is 9.66 Å². The molecule has 6 nitrogen and oxygen atoms in total. The second-order valence-corrected chi connectivity index (χ2v) is 5.28. The molecule has 0 fully saturated rings. The van der Waals surface area contributed by atoms with E-state index in [4.69, 9.17) is 4.74 Å². The molecule has 0 saturated heterocycles. The van der Waals surface area contributed by atoms with E-state index < -0.39 is 4.92 Å². The third kappa shape index (κ3) is 2.63. The van der Waals surface area contributed by atoms with Crippen molar-refractivity contribution in [2.24, 2.45) is 0 Å². The normalized spacial score (nSPS) is 10.7. The van der Waals surface area contributed by atoms with Crippen LogP contribution in [0.2, 0.25) is 0 Å². The summed E-state index contributed by atoms with van der Waals surface area (Å²) in [6, 6.07) is 13.2. The fourth-order valence-electron chi connectivity index (χ4n) is 1.94. The fourth-order valence-corrected chi connectivity index (χ4v) is 2.82. The largest absolute Gasteiger partial charge is 0.473 e. The first-order valence-corrected chi connectivity index (χ1v) is 6.92. The summed E-state index contributed by atoms with van der Waals surface area (Å²) in [6.45, 7) is 0.0701. The first-order valence-electron chi connectivity index (χ1n) is 6.11. The summed E-state index contributed by atoms with van der Waals surface area (Å²) in [4.78, 5) is 21.9. The van der Waals surface area contributed by atoms with E-state index in [1.807, 2.05) is 24.3 Å². The van der Waals surface area contributed by atoms with Gasteiger partial charge in [0.05, 0.1) is 15.1 Å². The Morgan fingerprint density at radius 2 is 1.86 bits per heavy atom. The zero-order valence-electron chi connectivity index (χ0n) is 10.8. The number of nitro groups is 1. The second kappa shape index (κ2) is 5.37. The summed E-state index contributed by atoms with van der Waals surface area (Å²) in [6.07, 6.45) is 0. The first-order chi connectivity index (χ1) is 10.1. The van der Waals surface area contributed by atoms with Gasteiger partial charge in [-0.2, -0.15) is 0 Å². The molecule has 7 heteroatoms. The molecule has 3 rings (SSSR count). The smallest absolute Gasteiger partial charge is 0.310 e. The highest BCUT2D eigenvalue weighted by atomic mass is 32.1. The number of hydrogen-bond donors (Lipinski definition) is 0. The number of nitrogens with zero attached hydrogens (tertiary/aromatic N) is 2. The molecule has 0 bridgehead atoms. The van der Waals surface area contributed by atoms with Crippen LogP contribution in [0, 0.1) is 10.1 Å². The number of rotatable bonds is 4. The van der Waals surface area contributed by atoms with Gasteiger partial charge in [0.25, 0.3) is 5.69 Å². The third-order valence-corrected chi connectivity index (χ3v) is 3.94. The van der Waals surface area contributed by atoms with Gasteiger partial charge in [0.2, 0.25) is 0 Å².